The van der Waals surface area contributed by atoms with Crippen molar-refractivity contribution in [2.75, 3.05) is 0 Å². The second-order valence-corrected chi connectivity index (χ2v) is 4.46. The van der Waals surface area contributed by atoms with Crippen LogP contribution in [-0.4, -0.2) is 11.5 Å². The van der Waals surface area contributed by atoms with Crippen molar-refractivity contribution >= 4 is 0 Å². The summed E-state index contributed by atoms with van der Waals surface area (Å²) < 4.78 is 66.6. The van der Waals surface area contributed by atoms with Crippen LogP contribution in [0.5, 0.6) is 5.75 Å². The van der Waals surface area contributed by atoms with Crippen LogP contribution in [0.25, 0.3) is 11.1 Å². The zero-order valence-corrected chi connectivity index (χ0v) is 11.1. The Morgan fingerprint density at radius 1 is 1.05 bits per heavy atom. The number of benzene rings is 2. The summed E-state index contributed by atoms with van der Waals surface area (Å²) in [6.07, 6.45) is -7.68. The molecule has 0 aliphatic carbocycles. The van der Waals surface area contributed by atoms with Gasteiger partial charge in [-0.3, -0.25) is 0 Å². The second-order valence-electron chi connectivity index (χ2n) is 4.46. The lowest BCUT2D eigenvalue weighted by Gasteiger charge is -2.13. The molecule has 0 bridgehead atoms. The van der Waals surface area contributed by atoms with Gasteiger partial charge in [-0.15, -0.1) is 13.2 Å². The number of halogens is 5. The number of hydrogen-bond donors (Lipinski definition) is 1. The highest BCUT2D eigenvalue weighted by Crippen LogP contribution is 2.34. The fourth-order valence-corrected chi connectivity index (χ4v) is 2.01. The molecule has 1 N–H and O–H groups in total. The van der Waals surface area contributed by atoms with Gasteiger partial charge in [-0.05, 0) is 34.9 Å². The lowest BCUT2D eigenvalue weighted by Crippen LogP contribution is -2.17. The Kier molecular flexibility index (Phi) is 4.65. The average Bonchev–Trinajstić information content (AvgIpc) is 2.45. The molecule has 7 heteroatoms. The van der Waals surface area contributed by atoms with E-state index in [4.69, 9.17) is 5.11 Å². The molecule has 0 saturated heterocycles. The third-order valence-corrected chi connectivity index (χ3v) is 2.91. The van der Waals surface area contributed by atoms with Crippen molar-refractivity contribution in [2.24, 2.45) is 0 Å². The van der Waals surface area contributed by atoms with E-state index in [1.165, 1.54) is 24.3 Å². The summed E-state index contributed by atoms with van der Waals surface area (Å²) in [7, 11) is 0. The number of rotatable bonds is 4. The van der Waals surface area contributed by atoms with Crippen molar-refractivity contribution < 1.29 is 31.8 Å². The molecule has 0 aliphatic heterocycles. The maximum Gasteiger partial charge on any atom is 0.573 e. The third kappa shape index (κ3) is 3.94. The Morgan fingerprint density at radius 3 is 2.36 bits per heavy atom. The Hall–Kier alpha value is -2.15. The smallest absolute Gasteiger partial charge is 0.406 e. The Balaban J connectivity index is 2.45. The second kappa shape index (κ2) is 6.31. The number of hydrogen-bond acceptors (Lipinski definition) is 2. The maximum atomic E-state index is 13.1. The monoisotopic (exact) mass is 318 g/mol. The summed E-state index contributed by atoms with van der Waals surface area (Å²) in [5, 5.41) is 8.99. The summed E-state index contributed by atoms with van der Waals surface area (Å²) in [5.41, 5.74) is 0.179. The molecule has 118 valence electrons. The summed E-state index contributed by atoms with van der Waals surface area (Å²) in [5.74, 6) is -0.489. The number of aliphatic hydroxyl groups is 1. The summed E-state index contributed by atoms with van der Waals surface area (Å²) >= 11 is 0. The first-order valence-electron chi connectivity index (χ1n) is 6.18. The van der Waals surface area contributed by atoms with Crippen molar-refractivity contribution in [1.29, 1.82) is 0 Å². The molecule has 0 radical (unpaired) electrons. The van der Waals surface area contributed by atoms with Crippen LogP contribution in [0.3, 0.4) is 0 Å². The quantitative estimate of drug-likeness (QED) is 0.829. The molecule has 2 nitrogen and oxygen atoms in total. The molecule has 2 rings (SSSR count). The molecule has 2 aromatic carbocycles. The van der Waals surface area contributed by atoms with E-state index in [2.05, 4.69) is 4.74 Å². The standard InChI is InChI=1S/C15H11F5O2/c16-14(17)13-6-9(8-21)4-5-12(13)10-2-1-3-11(7-10)22-15(18,19)20/h1-7,14,21H,8H2. The molecule has 0 atom stereocenters. The van der Waals surface area contributed by atoms with Crippen molar-refractivity contribution in [3.8, 4) is 16.9 Å². The number of alkyl halides is 5. The number of ether oxygens (including phenoxy) is 1. The molecular formula is C15H11F5O2. The predicted octanol–water partition coefficient (Wildman–Crippen LogP) is 4.68. The molecule has 22 heavy (non-hydrogen) atoms. The minimum absolute atomic E-state index is 0.0832. The van der Waals surface area contributed by atoms with E-state index in [9.17, 15) is 22.0 Å². The van der Waals surface area contributed by atoms with Crippen LogP contribution in [0.2, 0.25) is 0 Å². The molecule has 0 aromatic heterocycles. The van der Waals surface area contributed by atoms with Gasteiger partial charge in [0.2, 0.25) is 0 Å². The van der Waals surface area contributed by atoms with E-state index in [1.54, 1.807) is 0 Å². The fourth-order valence-electron chi connectivity index (χ4n) is 2.01. The minimum atomic E-state index is -4.86. The van der Waals surface area contributed by atoms with Crippen LogP contribution in [0, 0.1) is 0 Å². The van der Waals surface area contributed by atoms with Gasteiger partial charge in [0.25, 0.3) is 6.43 Å². The molecule has 0 spiro atoms. The van der Waals surface area contributed by atoms with E-state index < -0.39 is 25.1 Å². The lowest BCUT2D eigenvalue weighted by atomic mass is 9.97. The van der Waals surface area contributed by atoms with Gasteiger partial charge in [-0.25, -0.2) is 8.78 Å². The molecule has 0 heterocycles. The van der Waals surface area contributed by atoms with Gasteiger partial charge in [0.15, 0.2) is 0 Å². The first-order valence-corrected chi connectivity index (χ1v) is 6.18. The Bertz CT molecular complexity index is 653. The molecule has 0 amide bonds. The normalized spacial score (nSPS) is 11.8. The van der Waals surface area contributed by atoms with E-state index in [1.807, 2.05) is 0 Å². The average molecular weight is 318 g/mol. The highest BCUT2D eigenvalue weighted by atomic mass is 19.4. The molecule has 0 saturated carbocycles. The molecule has 0 unspecified atom stereocenters. The van der Waals surface area contributed by atoms with Gasteiger partial charge in [-0.2, -0.15) is 0 Å². The van der Waals surface area contributed by atoms with Crippen LogP contribution < -0.4 is 4.74 Å². The zero-order chi connectivity index (χ0) is 16.3. The van der Waals surface area contributed by atoms with Crippen LogP contribution >= 0.6 is 0 Å². The highest BCUT2D eigenvalue weighted by Gasteiger charge is 2.31. The van der Waals surface area contributed by atoms with Gasteiger partial charge in [0, 0.05) is 5.56 Å². The van der Waals surface area contributed by atoms with Gasteiger partial charge in [0.05, 0.1) is 6.61 Å². The van der Waals surface area contributed by atoms with E-state index in [-0.39, 0.29) is 16.7 Å². The first-order chi connectivity index (χ1) is 10.3. The first kappa shape index (κ1) is 16.2. The molecule has 0 aliphatic rings. The minimum Gasteiger partial charge on any atom is -0.406 e. The Morgan fingerprint density at radius 2 is 1.77 bits per heavy atom. The van der Waals surface area contributed by atoms with Crippen molar-refractivity contribution in [2.45, 2.75) is 19.4 Å². The van der Waals surface area contributed by atoms with Gasteiger partial charge in [0.1, 0.15) is 5.75 Å². The van der Waals surface area contributed by atoms with Gasteiger partial charge < -0.3 is 9.84 Å². The van der Waals surface area contributed by atoms with Crippen molar-refractivity contribution in [1.82, 2.24) is 0 Å². The predicted molar refractivity (Wildman–Crippen MR) is 69.4 cm³/mol. The molecule has 0 fully saturated rings. The van der Waals surface area contributed by atoms with Crippen LogP contribution in [0.1, 0.15) is 17.6 Å². The zero-order valence-electron chi connectivity index (χ0n) is 11.1. The molecule has 2 aromatic rings. The summed E-state index contributed by atoms with van der Waals surface area (Å²) in [6, 6.07) is 8.69. The van der Waals surface area contributed by atoms with Crippen LogP contribution in [0.15, 0.2) is 42.5 Å². The van der Waals surface area contributed by atoms with Crippen molar-refractivity contribution in [3.05, 3.63) is 53.6 Å². The number of aliphatic hydroxyl groups excluding tert-OH is 1. The van der Waals surface area contributed by atoms with Gasteiger partial charge >= 0.3 is 6.36 Å². The largest absolute Gasteiger partial charge is 0.573 e. The summed E-state index contributed by atoms with van der Waals surface area (Å²) in [6.45, 7) is -0.406. The topological polar surface area (TPSA) is 29.5 Å². The Labute approximate surface area is 122 Å². The maximum absolute atomic E-state index is 13.1. The SMILES string of the molecule is OCc1ccc(-c2cccc(OC(F)(F)F)c2)c(C(F)F)c1. The third-order valence-electron chi connectivity index (χ3n) is 2.91. The molecular weight excluding hydrogens is 307 g/mol. The fraction of sp³-hybridized carbons (Fsp3) is 0.200. The van der Waals surface area contributed by atoms with E-state index in [0.717, 1.165) is 18.2 Å². The van der Waals surface area contributed by atoms with E-state index >= 15 is 0 Å². The van der Waals surface area contributed by atoms with Crippen molar-refractivity contribution in [3.63, 3.8) is 0 Å². The van der Waals surface area contributed by atoms with Crippen LogP contribution in [-0.2, 0) is 6.61 Å². The van der Waals surface area contributed by atoms with Gasteiger partial charge in [-0.1, -0.05) is 24.3 Å². The lowest BCUT2D eigenvalue weighted by molar-refractivity contribution is -0.274. The van der Waals surface area contributed by atoms with Crippen LogP contribution in [0.4, 0.5) is 22.0 Å². The summed E-state index contributed by atoms with van der Waals surface area (Å²) in [4.78, 5) is 0. The van der Waals surface area contributed by atoms with E-state index in [0.29, 0.717) is 5.56 Å². The highest BCUT2D eigenvalue weighted by molar-refractivity contribution is 5.69.